The molecule has 0 aliphatic carbocycles. The van der Waals surface area contributed by atoms with Crippen molar-refractivity contribution in [3.8, 4) is 0 Å². The fourth-order valence-corrected chi connectivity index (χ4v) is 5.23. The summed E-state index contributed by atoms with van der Waals surface area (Å²) >= 11 is 0. The van der Waals surface area contributed by atoms with Gasteiger partial charge in [0.25, 0.3) is 10.0 Å². The van der Waals surface area contributed by atoms with Gasteiger partial charge in [0, 0.05) is 29.4 Å². The summed E-state index contributed by atoms with van der Waals surface area (Å²) in [5.74, 6) is -1.98. The van der Waals surface area contributed by atoms with Crippen LogP contribution >= 0.6 is 0 Å². The molecule has 1 aromatic heterocycles. The van der Waals surface area contributed by atoms with Gasteiger partial charge < -0.3 is 5.32 Å². The number of para-hydroxylation sites is 1. The van der Waals surface area contributed by atoms with Gasteiger partial charge in [0.2, 0.25) is 5.96 Å². The number of aromatic nitrogens is 2. The Hall–Kier alpha value is -3.92. The van der Waals surface area contributed by atoms with Crippen LogP contribution in [0.4, 0.5) is 14.5 Å². The standard InChI is InChI=1S/C24H19F2N5O2S/c1-14(16-6-2-3-7-17(16)25)21-18(26)9-10-20-23(21)30-24(31-34(20,32)33)29-13-15-5-4-8-19-22(15)28-12-11-27-19/h2-12,14H,13H2,1H3,(H2,29,30,31)/t14-/m1/s1. The molecule has 4 aromatic rings. The zero-order valence-electron chi connectivity index (χ0n) is 18.0. The van der Waals surface area contributed by atoms with Crippen LogP contribution in [0, 0.1) is 11.6 Å². The zero-order valence-corrected chi connectivity index (χ0v) is 18.8. The van der Waals surface area contributed by atoms with Crippen LogP contribution < -0.4 is 10.0 Å². The molecule has 0 saturated heterocycles. The lowest BCUT2D eigenvalue weighted by Gasteiger charge is -2.26. The van der Waals surface area contributed by atoms with Crippen LogP contribution in [0.3, 0.4) is 0 Å². The molecule has 172 valence electrons. The summed E-state index contributed by atoms with van der Waals surface area (Å²) in [6.45, 7) is 1.72. The highest BCUT2D eigenvalue weighted by Gasteiger charge is 2.32. The van der Waals surface area contributed by atoms with Crippen molar-refractivity contribution in [1.82, 2.24) is 14.7 Å². The van der Waals surface area contributed by atoms with Crippen LogP contribution in [0.5, 0.6) is 0 Å². The number of sulfonamides is 1. The average Bonchev–Trinajstić information content (AvgIpc) is 2.82. The van der Waals surface area contributed by atoms with Gasteiger partial charge in [-0.05, 0) is 29.8 Å². The molecule has 1 atom stereocenters. The summed E-state index contributed by atoms with van der Waals surface area (Å²) in [7, 11) is -4.03. The van der Waals surface area contributed by atoms with Crippen molar-refractivity contribution in [2.75, 3.05) is 5.32 Å². The molecule has 0 fully saturated rings. The predicted octanol–water partition coefficient (Wildman–Crippen LogP) is 4.32. The van der Waals surface area contributed by atoms with Crippen molar-refractivity contribution in [2.24, 2.45) is 4.99 Å². The number of rotatable bonds is 4. The van der Waals surface area contributed by atoms with E-state index in [0.29, 0.717) is 11.0 Å². The molecule has 2 N–H and O–H groups in total. The molecule has 5 rings (SSSR count). The van der Waals surface area contributed by atoms with E-state index in [9.17, 15) is 12.8 Å². The molecule has 3 aromatic carbocycles. The summed E-state index contributed by atoms with van der Waals surface area (Å²) in [6.07, 6.45) is 3.15. The normalized spacial score (nSPS) is 16.5. The van der Waals surface area contributed by atoms with Crippen LogP contribution in [-0.2, 0) is 16.6 Å². The van der Waals surface area contributed by atoms with Gasteiger partial charge in [-0.1, -0.05) is 37.3 Å². The molecule has 0 radical (unpaired) electrons. The smallest absolute Gasteiger partial charge is 0.266 e. The summed E-state index contributed by atoms with van der Waals surface area (Å²) in [4.78, 5) is 12.8. The fraction of sp³-hybridized carbons (Fsp3) is 0.125. The van der Waals surface area contributed by atoms with E-state index in [1.807, 2.05) is 18.2 Å². The SMILES string of the molecule is C[C@H](c1ccccc1F)c1c(F)ccc2c1NC(=NCc1cccc3nccnc13)NS2(=O)=O. The third-order valence-electron chi connectivity index (χ3n) is 5.71. The van der Waals surface area contributed by atoms with E-state index in [1.54, 1.807) is 31.5 Å². The van der Waals surface area contributed by atoms with Gasteiger partial charge in [-0.3, -0.25) is 9.97 Å². The first-order valence-corrected chi connectivity index (χ1v) is 11.9. The third kappa shape index (κ3) is 3.86. The molecule has 34 heavy (non-hydrogen) atoms. The molecule has 0 bridgehead atoms. The van der Waals surface area contributed by atoms with E-state index in [-0.39, 0.29) is 34.2 Å². The van der Waals surface area contributed by atoms with E-state index in [2.05, 4.69) is 25.0 Å². The Morgan fingerprint density at radius 2 is 1.76 bits per heavy atom. The second-order valence-corrected chi connectivity index (χ2v) is 9.46. The third-order valence-corrected chi connectivity index (χ3v) is 7.09. The Bertz CT molecular complexity index is 1550. The average molecular weight is 480 g/mol. The minimum atomic E-state index is -4.03. The van der Waals surface area contributed by atoms with Crippen molar-refractivity contribution in [2.45, 2.75) is 24.3 Å². The van der Waals surface area contributed by atoms with Crippen LogP contribution in [-0.4, -0.2) is 24.3 Å². The number of fused-ring (bicyclic) bond motifs is 2. The predicted molar refractivity (Wildman–Crippen MR) is 125 cm³/mol. The van der Waals surface area contributed by atoms with E-state index in [1.165, 1.54) is 18.2 Å². The number of hydrogen-bond acceptors (Lipinski definition) is 5. The Morgan fingerprint density at radius 1 is 0.971 bits per heavy atom. The maximum atomic E-state index is 15.0. The quantitative estimate of drug-likeness (QED) is 0.455. The van der Waals surface area contributed by atoms with E-state index in [4.69, 9.17) is 0 Å². The molecule has 2 heterocycles. The number of benzene rings is 3. The van der Waals surface area contributed by atoms with Gasteiger partial charge in [0.1, 0.15) is 16.5 Å². The number of nitrogens with one attached hydrogen (secondary N) is 2. The Kier molecular flexibility index (Phi) is 5.45. The largest absolute Gasteiger partial charge is 0.324 e. The maximum Gasteiger partial charge on any atom is 0.266 e. The molecule has 0 spiro atoms. The summed E-state index contributed by atoms with van der Waals surface area (Å²) in [6, 6.07) is 13.7. The number of nitrogens with zero attached hydrogens (tertiary/aromatic N) is 3. The van der Waals surface area contributed by atoms with Gasteiger partial charge >= 0.3 is 0 Å². The van der Waals surface area contributed by atoms with E-state index >= 15 is 4.39 Å². The summed E-state index contributed by atoms with van der Waals surface area (Å²) in [5.41, 5.74) is 2.39. The minimum Gasteiger partial charge on any atom is -0.324 e. The van der Waals surface area contributed by atoms with E-state index in [0.717, 1.165) is 11.6 Å². The molecular weight excluding hydrogens is 460 g/mol. The van der Waals surface area contributed by atoms with Crippen molar-refractivity contribution < 1.29 is 17.2 Å². The lowest BCUT2D eigenvalue weighted by molar-refractivity contribution is 0.577. The monoisotopic (exact) mass is 479 g/mol. The lowest BCUT2D eigenvalue weighted by Crippen LogP contribution is -2.41. The van der Waals surface area contributed by atoms with Gasteiger partial charge in [-0.25, -0.2) is 26.9 Å². The fourth-order valence-electron chi connectivity index (χ4n) is 4.07. The highest BCUT2D eigenvalue weighted by atomic mass is 32.2. The first kappa shape index (κ1) is 21.9. The zero-order chi connectivity index (χ0) is 23.9. The van der Waals surface area contributed by atoms with Crippen LogP contribution in [0.25, 0.3) is 11.0 Å². The molecule has 1 aliphatic rings. The minimum absolute atomic E-state index is 0.0333. The maximum absolute atomic E-state index is 15.0. The van der Waals surface area contributed by atoms with Crippen molar-refractivity contribution >= 4 is 32.7 Å². The van der Waals surface area contributed by atoms with Crippen LogP contribution in [0.1, 0.15) is 29.5 Å². The van der Waals surface area contributed by atoms with Gasteiger partial charge in [0.15, 0.2) is 0 Å². The molecule has 0 amide bonds. The molecule has 0 saturated carbocycles. The molecule has 1 aliphatic heterocycles. The number of guanidine groups is 1. The van der Waals surface area contributed by atoms with Gasteiger partial charge in [-0.2, -0.15) is 0 Å². The molecule has 7 nitrogen and oxygen atoms in total. The number of aliphatic imine (C=N–C) groups is 1. The van der Waals surface area contributed by atoms with Crippen molar-refractivity contribution in [3.05, 3.63) is 95.3 Å². The van der Waals surface area contributed by atoms with Gasteiger partial charge in [0.05, 0.1) is 23.3 Å². The Labute approximate surface area is 194 Å². The second kappa shape index (κ2) is 8.45. The summed E-state index contributed by atoms with van der Waals surface area (Å²) in [5, 5.41) is 2.91. The highest BCUT2D eigenvalue weighted by Crippen LogP contribution is 2.38. The lowest BCUT2D eigenvalue weighted by atomic mass is 9.91. The number of anilines is 1. The Balaban J connectivity index is 1.57. The van der Waals surface area contributed by atoms with Crippen LogP contribution in [0.15, 0.2) is 76.9 Å². The molecule has 10 heteroatoms. The number of hydrogen-bond donors (Lipinski definition) is 2. The first-order valence-electron chi connectivity index (χ1n) is 10.4. The van der Waals surface area contributed by atoms with Gasteiger partial charge in [-0.15, -0.1) is 0 Å². The first-order chi connectivity index (χ1) is 16.3. The van der Waals surface area contributed by atoms with Crippen molar-refractivity contribution in [3.63, 3.8) is 0 Å². The molecule has 0 unspecified atom stereocenters. The summed E-state index contributed by atoms with van der Waals surface area (Å²) < 4.78 is 57.7. The highest BCUT2D eigenvalue weighted by molar-refractivity contribution is 7.90. The van der Waals surface area contributed by atoms with Crippen molar-refractivity contribution in [1.29, 1.82) is 0 Å². The van der Waals surface area contributed by atoms with Crippen LogP contribution in [0.2, 0.25) is 0 Å². The molecular formula is C24H19F2N5O2S. The Morgan fingerprint density at radius 3 is 2.59 bits per heavy atom. The number of halogens is 2. The second-order valence-electron chi connectivity index (χ2n) is 7.81. The van der Waals surface area contributed by atoms with E-state index < -0.39 is 27.6 Å². The topological polar surface area (TPSA) is 96.3 Å².